The lowest BCUT2D eigenvalue weighted by molar-refractivity contribution is -0.125. The van der Waals surface area contributed by atoms with Gasteiger partial charge in [-0.1, -0.05) is 48.8 Å². The largest absolute Gasteiger partial charge is 0.324 e. The average Bonchev–Trinajstić information content (AvgIpc) is 2.55. The zero-order chi connectivity index (χ0) is 19.5. The number of anilines is 1. The van der Waals surface area contributed by atoms with Gasteiger partial charge in [-0.15, -0.1) is 0 Å². The molecule has 1 aliphatic heterocycles. The molecule has 1 aromatic rings. The molecule has 1 aromatic carbocycles. The fourth-order valence-corrected chi connectivity index (χ4v) is 3.88. The van der Waals surface area contributed by atoms with Gasteiger partial charge in [0.2, 0.25) is 11.8 Å². The zero-order valence-electron chi connectivity index (χ0n) is 13.9. The summed E-state index contributed by atoms with van der Waals surface area (Å²) < 4.78 is 0. The van der Waals surface area contributed by atoms with Crippen LogP contribution in [0.1, 0.15) is 13.8 Å². The van der Waals surface area contributed by atoms with Crippen molar-refractivity contribution in [2.75, 3.05) is 11.1 Å². The third kappa shape index (κ3) is 4.13. The lowest BCUT2D eigenvalue weighted by atomic mass is 9.72. The molecule has 0 fully saturated rings. The van der Waals surface area contributed by atoms with Crippen LogP contribution < -0.4 is 10.6 Å². The van der Waals surface area contributed by atoms with Crippen molar-refractivity contribution in [2.24, 2.45) is 11.3 Å². The van der Waals surface area contributed by atoms with Gasteiger partial charge >= 0.3 is 0 Å². The van der Waals surface area contributed by atoms with Crippen molar-refractivity contribution in [1.29, 1.82) is 10.5 Å². The van der Waals surface area contributed by atoms with Crippen molar-refractivity contribution >= 4 is 52.5 Å². The molecule has 1 aliphatic rings. The van der Waals surface area contributed by atoms with Gasteiger partial charge in [0.15, 0.2) is 0 Å². The van der Waals surface area contributed by atoms with E-state index >= 15 is 0 Å². The van der Waals surface area contributed by atoms with Crippen molar-refractivity contribution in [3.63, 3.8) is 0 Å². The van der Waals surface area contributed by atoms with E-state index in [1.807, 2.05) is 12.1 Å². The zero-order valence-corrected chi connectivity index (χ0v) is 16.2. The number of thioether (sulfide) groups is 1. The van der Waals surface area contributed by atoms with E-state index in [1.165, 1.54) is 6.07 Å². The molecule has 0 spiro atoms. The molecule has 0 saturated heterocycles. The lowest BCUT2D eigenvalue weighted by Crippen LogP contribution is -2.44. The van der Waals surface area contributed by atoms with Crippen LogP contribution in [0.4, 0.5) is 5.69 Å². The van der Waals surface area contributed by atoms with E-state index in [0.717, 1.165) is 11.8 Å². The molecule has 2 N–H and O–H groups in total. The number of halogens is 2. The number of hydrogen-bond donors (Lipinski definition) is 2. The maximum absolute atomic E-state index is 12.2. The number of hydrogen-bond acceptors (Lipinski definition) is 5. The van der Waals surface area contributed by atoms with Gasteiger partial charge in [-0.2, -0.15) is 10.5 Å². The summed E-state index contributed by atoms with van der Waals surface area (Å²) in [5, 5.41) is 24.9. The van der Waals surface area contributed by atoms with Gasteiger partial charge < -0.3 is 10.6 Å². The minimum absolute atomic E-state index is 0.0486. The number of amides is 2. The van der Waals surface area contributed by atoms with E-state index in [-0.39, 0.29) is 22.3 Å². The lowest BCUT2D eigenvalue weighted by Gasteiger charge is -2.34. The van der Waals surface area contributed by atoms with Crippen LogP contribution in [0.15, 0.2) is 28.8 Å². The quantitative estimate of drug-likeness (QED) is 0.789. The first-order valence-electron chi connectivity index (χ1n) is 7.43. The third-order valence-corrected chi connectivity index (χ3v) is 5.43. The number of nitriles is 2. The Morgan fingerprint density at radius 2 is 2.08 bits per heavy atom. The van der Waals surface area contributed by atoms with Gasteiger partial charge in [-0.3, -0.25) is 9.59 Å². The molecule has 2 rings (SSSR count). The second kappa shape index (κ2) is 8.01. The van der Waals surface area contributed by atoms with Gasteiger partial charge in [0.1, 0.15) is 5.92 Å². The van der Waals surface area contributed by atoms with E-state index in [0.29, 0.717) is 15.7 Å². The number of rotatable bonds is 4. The molecular weight excluding hydrogens is 395 g/mol. The average molecular weight is 409 g/mol. The molecule has 26 heavy (non-hydrogen) atoms. The van der Waals surface area contributed by atoms with Crippen LogP contribution in [0.5, 0.6) is 0 Å². The molecule has 0 aromatic heterocycles. The van der Waals surface area contributed by atoms with Crippen molar-refractivity contribution in [3.05, 3.63) is 38.8 Å². The fourth-order valence-electron chi connectivity index (χ4n) is 2.45. The first-order chi connectivity index (χ1) is 12.2. The first-order valence-corrected chi connectivity index (χ1v) is 9.18. The molecule has 1 atom stereocenters. The molecule has 0 radical (unpaired) electrons. The van der Waals surface area contributed by atoms with Crippen molar-refractivity contribution < 1.29 is 9.59 Å². The van der Waals surface area contributed by atoms with Crippen molar-refractivity contribution in [2.45, 2.75) is 13.8 Å². The molecule has 0 unspecified atom stereocenters. The second-order valence-corrected chi connectivity index (χ2v) is 7.88. The number of nitrogens with zero attached hydrogens (tertiary/aromatic N) is 2. The van der Waals surface area contributed by atoms with Crippen LogP contribution in [-0.2, 0) is 9.59 Å². The van der Waals surface area contributed by atoms with Crippen LogP contribution in [0.2, 0.25) is 10.0 Å². The highest BCUT2D eigenvalue weighted by Gasteiger charge is 2.44. The van der Waals surface area contributed by atoms with Gasteiger partial charge in [0.25, 0.3) is 0 Å². The molecule has 1 heterocycles. The highest BCUT2D eigenvalue weighted by molar-refractivity contribution is 8.03. The van der Waals surface area contributed by atoms with Crippen LogP contribution in [0.25, 0.3) is 0 Å². The molecule has 2 amide bonds. The molecule has 0 saturated carbocycles. The normalized spacial score (nSPS) is 18.5. The molecule has 0 aliphatic carbocycles. The monoisotopic (exact) mass is 408 g/mol. The molecule has 6 nitrogen and oxygen atoms in total. The van der Waals surface area contributed by atoms with Crippen LogP contribution >= 0.6 is 35.0 Å². The summed E-state index contributed by atoms with van der Waals surface area (Å²) in [5.41, 5.74) is -0.260. The Hall–Kier alpha value is -2.19. The van der Waals surface area contributed by atoms with Crippen LogP contribution in [0, 0.1) is 34.0 Å². The second-order valence-electron chi connectivity index (χ2n) is 6.05. The number of nitrogens with one attached hydrogen (secondary N) is 2. The van der Waals surface area contributed by atoms with Crippen LogP contribution in [0.3, 0.4) is 0 Å². The summed E-state index contributed by atoms with van der Waals surface area (Å²) in [7, 11) is 0. The molecular formula is C17H14Cl2N4O2S. The van der Waals surface area contributed by atoms with Gasteiger partial charge in [0.05, 0.1) is 39.2 Å². The summed E-state index contributed by atoms with van der Waals surface area (Å²) in [4.78, 5) is 24.3. The summed E-state index contributed by atoms with van der Waals surface area (Å²) in [6.45, 7) is 3.32. The highest BCUT2D eigenvalue weighted by atomic mass is 35.5. The van der Waals surface area contributed by atoms with Gasteiger partial charge in [-0.05, 0) is 18.2 Å². The third-order valence-electron chi connectivity index (χ3n) is 3.89. The van der Waals surface area contributed by atoms with Crippen molar-refractivity contribution in [3.8, 4) is 12.1 Å². The summed E-state index contributed by atoms with van der Waals surface area (Å²) >= 11 is 12.8. The minimum Gasteiger partial charge on any atom is -0.324 e. The SMILES string of the molecule is CC1(C)C(C#N)=C(SCC(=O)Nc2ccc(Cl)cc2Cl)NC(=O)[C@@H]1C#N. The predicted octanol–water partition coefficient (Wildman–Crippen LogP) is 3.70. The van der Waals surface area contributed by atoms with Crippen molar-refractivity contribution in [1.82, 2.24) is 5.32 Å². The Bertz CT molecular complexity index is 884. The number of carbonyl (C=O) groups is 2. The topological polar surface area (TPSA) is 106 Å². The van der Waals surface area contributed by atoms with Gasteiger partial charge in [-0.25, -0.2) is 0 Å². The van der Waals surface area contributed by atoms with E-state index < -0.39 is 17.2 Å². The Kier molecular flexibility index (Phi) is 6.20. The summed E-state index contributed by atoms with van der Waals surface area (Å²) in [5.74, 6) is -1.87. The molecule has 0 bridgehead atoms. The summed E-state index contributed by atoms with van der Waals surface area (Å²) in [6.07, 6.45) is 0. The Balaban J connectivity index is 2.13. The number of benzene rings is 1. The van der Waals surface area contributed by atoms with Crippen LogP contribution in [-0.4, -0.2) is 17.6 Å². The van der Waals surface area contributed by atoms with Gasteiger partial charge in [0, 0.05) is 10.4 Å². The molecule has 134 valence electrons. The van der Waals surface area contributed by atoms with E-state index in [2.05, 4.69) is 10.6 Å². The number of allylic oxidation sites excluding steroid dienone is 1. The maximum Gasteiger partial charge on any atom is 0.243 e. The molecule has 9 heteroatoms. The predicted molar refractivity (Wildman–Crippen MR) is 101 cm³/mol. The first kappa shape index (κ1) is 20.1. The fraction of sp³-hybridized carbons (Fsp3) is 0.294. The number of carbonyl (C=O) groups excluding carboxylic acids is 2. The minimum atomic E-state index is -0.969. The highest BCUT2D eigenvalue weighted by Crippen LogP contribution is 2.41. The maximum atomic E-state index is 12.2. The van der Waals surface area contributed by atoms with E-state index in [4.69, 9.17) is 23.2 Å². The summed E-state index contributed by atoms with van der Waals surface area (Å²) in [6, 6.07) is 8.65. The Morgan fingerprint density at radius 3 is 2.65 bits per heavy atom. The van der Waals surface area contributed by atoms with E-state index in [1.54, 1.807) is 26.0 Å². The smallest absolute Gasteiger partial charge is 0.243 e. The standard InChI is InChI=1S/C17H14Cl2N4O2S/c1-17(2)10(6-20)15(25)23-16(11(17)7-21)26-8-14(24)22-13-4-3-9(18)5-12(13)19/h3-5,10H,8H2,1-2H3,(H,22,24)(H,23,25)/t10-/m0/s1. The van der Waals surface area contributed by atoms with E-state index in [9.17, 15) is 20.1 Å². The Morgan fingerprint density at radius 1 is 1.38 bits per heavy atom. The Labute approximate surface area is 165 Å².